The number of nitrogens with one attached hydrogen (secondary N) is 2. The lowest BCUT2D eigenvalue weighted by Gasteiger charge is -2.14. The molecule has 21 heavy (non-hydrogen) atoms. The van der Waals surface area contributed by atoms with E-state index in [0.29, 0.717) is 11.3 Å². The molecular formula is C17H21N3O. The van der Waals surface area contributed by atoms with Gasteiger partial charge >= 0.3 is 0 Å². The first-order chi connectivity index (χ1) is 10.2. The quantitative estimate of drug-likeness (QED) is 0.737. The molecule has 0 aromatic heterocycles. The van der Waals surface area contributed by atoms with Crippen molar-refractivity contribution in [3.05, 3.63) is 53.6 Å². The van der Waals surface area contributed by atoms with Crippen molar-refractivity contribution in [2.45, 2.75) is 19.8 Å². The Balaban J connectivity index is 2.33. The molecule has 0 saturated carbocycles. The fourth-order valence-corrected chi connectivity index (χ4v) is 2.22. The van der Waals surface area contributed by atoms with Crippen LogP contribution in [0.4, 0.5) is 17.1 Å². The Morgan fingerprint density at radius 1 is 1.14 bits per heavy atom. The second-order valence-electron chi connectivity index (χ2n) is 4.91. The van der Waals surface area contributed by atoms with E-state index in [0.717, 1.165) is 24.2 Å². The first kappa shape index (κ1) is 14.9. The summed E-state index contributed by atoms with van der Waals surface area (Å²) in [6.07, 6.45) is 2.07. The van der Waals surface area contributed by atoms with Crippen LogP contribution in [0.5, 0.6) is 0 Å². The number of aryl methyl sites for hydroxylation is 1. The van der Waals surface area contributed by atoms with Crippen molar-refractivity contribution >= 4 is 23.0 Å². The van der Waals surface area contributed by atoms with Gasteiger partial charge in [0.05, 0.1) is 11.4 Å². The SMILES string of the molecule is CCCc1ccccc1Nc1cc(C(=O)NC)ccc1N. The van der Waals surface area contributed by atoms with Crippen molar-refractivity contribution in [1.82, 2.24) is 5.32 Å². The zero-order chi connectivity index (χ0) is 15.2. The molecule has 4 heteroatoms. The van der Waals surface area contributed by atoms with Gasteiger partial charge in [0.1, 0.15) is 0 Å². The Labute approximate surface area is 125 Å². The highest BCUT2D eigenvalue weighted by Gasteiger charge is 2.08. The highest BCUT2D eigenvalue weighted by molar-refractivity contribution is 5.96. The van der Waals surface area contributed by atoms with Gasteiger partial charge in [0.15, 0.2) is 0 Å². The number of para-hydroxylation sites is 1. The van der Waals surface area contributed by atoms with Crippen molar-refractivity contribution < 1.29 is 4.79 Å². The first-order valence-corrected chi connectivity index (χ1v) is 7.12. The molecule has 0 aliphatic carbocycles. The Bertz CT molecular complexity index is 638. The summed E-state index contributed by atoms with van der Waals surface area (Å²) >= 11 is 0. The van der Waals surface area contributed by atoms with Crippen LogP contribution in [0, 0.1) is 0 Å². The summed E-state index contributed by atoms with van der Waals surface area (Å²) in [4.78, 5) is 11.7. The van der Waals surface area contributed by atoms with E-state index in [1.165, 1.54) is 5.56 Å². The lowest BCUT2D eigenvalue weighted by atomic mass is 10.1. The van der Waals surface area contributed by atoms with Crippen molar-refractivity contribution in [2.75, 3.05) is 18.1 Å². The number of hydrogen-bond donors (Lipinski definition) is 3. The van der Waals surface area contributed by atoms with Crippen molar-refractivity contribution in [2.24, 2.45) is 0 Å². The molecule has 0 spiro atoms. The summed E-state index contributed by atoms with van der Waals surface area (Å²) < 4.78 is 0. The Hall–Kier alpha value is -2.49. The topological polar surface area (TPSA) is 67.2 Å². The van der Waals surface area contributed by atoms with Gasteiger partial charge in [0.25, 0.3) is 5.91 Å². The Morgan fingerprint density at radius 2 is 1.90 bits per heavy atom. The van der Waals surface area contributed by atoms with Crippen LogP contribution < -0.4 is 16.4 Å². The van der Waals surface area contributed by atoms with Crippen LogP contribution >= 0.6 is 0 Å². The number of hydrogen-bond acceptors (Lipinski definition) is 3. The predicted molar refractivity (Wildman–Crippen MR) is 88.0 cm³/mol. The number of nitrogens with two attached hydrogens (primary N) is 1. The van der Waals surface area contributed by atoms with Gasteiger partial charge in [0.2, 0.25) is 0 Å². The van der Waals surface area contributed by atoms with Gasteiger partial charge in [-0.1, -0.05) is 31.5 Å². The molecule has 2 aromatic carbocycles. The summed E-state index contributed by atoms with van der Waals surface area (Å²) in [5.74, 6) is -0.125. The second kappa shape index (κ2) is 6.79. The third kappa shape index (κ3) is 3.54. The first-order valence-electron chi connectivity index (χ1n) is 7.12. The maximum Gasteiger partial charge on any atom is 0.251 e. The molecule has 0 fully saturated rings. The number of rotatable bonds is 5. The molecule has 0 bridgehead atoms. The zero-order valence-corrected chi connectivity index (χ0v) is 12.4. The van der Waals surface area contributed by atoms with Crippen LogP contribution in [0.1, 0.15) is 29.3 Å². The smallest absolute Gasteiger partial charge is 0.251 e. The van der Waals surface area contributed by atoms with Gasteiger partial charge in [-0.2, -0.15) is 0 Å². The van der Waals surface area contributed by atoms with Crippen LogP contribution in [0.25, 0.3) is 0 Å². The van der Waals surface area contributed by atoms with E-state index < -0.39 is 0 Å². The molecule has 4 N–H and O–H groups in total. The molecule has 2 aromatic rings. The van der Waals surface area contributed by atoms with Gasteiger partial charge in [-0.3, -0.25) is 4.79 Å². The third-order valence-electron chi connectivity index (χ3n) is 3.35. The van der Waals surface area contributed by atoms with Gasteiger partial charge < -0.3 is 16.4 Å². The van der Waals surface area contributed by atoms with Crippen LogP contribution in [-0.4, -0.2) is 13.0 Å². The number of carbonyl (C=O) groups excluding carboxylic acids is 1. The van der Waals surface area contributed by atoms with E-state index in [1.807, 2.05) is 18.2 Å². The lowest BCUT2D eigenvalue weighted by molar-refractivity contribution is 0.0963. The largest absolute Gasteiger partial charge is 0.397 e. The summed E-state index contributed by atoms with van der Waals surface area (Å²) in [6.45, 7) is 2.15. The summed E-state index contributed by atoms with van der Waals surface area (Å²) in [5.41, 5.74) is 10.2. The van der Waals surface area contributed by atoms with Crippen molar-refractivity contribution in [3.63, 3.8) is 0 Å². The van der Waals surface area contributed by atoms with Gasteiger partial charge in [-0.25, -0.2) is 0 Å². The molecule has 2 rings (SSSR count). The van der Waals surface area contributed by atoms with Crippen molar-refractivity contribution in [3.8, 4) is 0 Å². The molecule has 0 radical (unpaired) electrons. The molecule has 0 saturated heterocycles. The highest BCUT2D eigenvalue weighted by Crippen LogP contribution is 2.27. The van der Waals surface area contributed by atoms with E-state index >= 15 is 0 Å². The number of amides is 1. The molecule has 4 nitrogen and oxygen atoms in total. The average molecular weight is 283 g/mol. The maximum absolute atomic E-state index is 11.7. The Kier molecular flexibility index (Phi) is 4.82. The Morgan fingerprint density at radius 3 is 2.62 bits per heavy atom. The molecule has 0 atom stereocenters. The van der Waals surface area contributed by atoms with E-state index in [4.69, 9.17) is 5.73 Å². The standard InChI is InChI=1S/C17H21N3O/c1-3-6-12-7-4-5-8-15(12)20-16-11-13(17(21)19-2)9-10-14(16)18/h4-5,7-11,20H,3,6,18H2,1-2H3,(H,19,21). The van der Waals surface area contributed by atoms with E-state index in [2.05, 4.69) is 23.6 Å². The fourth-order valence-electron chi connectivity index (χ4n) is 2.22. The van der Waals surface area contributed by atoms with E-state index in [-0.39, 0.29) is 5.91 Å². The van der Waals surface area contributed by atoms with Crippen LogP contribution in [0.2, 0.25) is 0 Å². The van der Waals surface area contributed by atoms with Gasteiger partial charge in [0, 0.05) is 18.3 Å². The monoisotopic (exact) mass is 283 g/mol. The summed E-state index contributed by atoms with van der Waals surface area (Å²) in [7, 11) is 1.61. The van der Waals surface area contributed by atoms with E-state index in [9.17, 15) is 4.79 Å². The minimum Gasteiger partial charge on any atom is -0.397 e. The third-order valence-corrected chi connectivity index (χ3v) is 3.35. The average Bonchev–Trinajstić information content (AvgIpc) is 2.51. The number of anilines is 3. The zero-order valence-electron chi connectivity index (χ0n) is 12.4. The van der Waals surface area contributed by atoms with Crippen LogP contribution in [0.15, 0.2) is 42.5 Å². The number of benzene rings is 2. The molecule has 0 heterocycles. The molecule has 0 aliphatic rings. The van der Waals surface area contributed by atoms with Crippen molar-refractivity contribution in [1.29, 1.82) is 0 Å². The summed E-state index contributed by atoms with van der Waals surface area (Å²) in [5, 5.41) is 5.96. The maximum atomic E-state index is 11.7. The molecular weight excluding hydrogens is 262 g/mol. The van der Waals surface area contributed by atoms with Crippen LogP contribution in [0.3, 0.4) is 0 Å². The normalized spacial score (nSPS) is 10.2. The minimum atomic E-state index is -0.125. The van der Waals surface area contributed by atoms with Gasteiger partial charge in [-0.15, -0.1) is 0 Å². The molecule has 110 valence electrons. The highest BCUT2D eigenvalue weighted by atomic mass is 16.1. The lowest BCUT2D eigenvalue weighted by Crippen LogP contribution is -2.18. The van der Waals surface area contributed by atoms with E-state index in [1.54, 1.807) is 25.2 Å². The number of carbonyl (C=O) groups is 1. The summed E-state index contributed by atoms with van der Waals surface area (Å²) in [6, 6.07) is 13.4. The fraction of sp³-hybridized carbons (Fsp3) is 0.235. The van der Waals surface area contributed by atoms with Crippen LogP contribution in [-0.2, 0) is 6.42 Å². The molecule has 0 aliphatic heterocycles. The second-order valence-corrected chi connectivity index (χ2v) is 4.91. The molecule has 1 amide bonds. The molecule has 0 unspecified atom stereocenters. The van der Waals surface area contributed by atoms with Gasteiger partial charge in [-0.05, 0) is 36.2 Å². The minimum absolute atomic E-state index is 0.125. The number of nitrogen functional groups attached to an aromatic ring is 1. The predicted octanol–water partition coefficient (Wildman–Crippen LogP) is 3.32.